The van der Waals surface area contributed by atoms with Gasteiger partial charge in [0.25, 0.3) is 0 Å². The van der Waals surface area contributed by atoms with E-state index in [0.29, 0.717) is 4.34 Å². The number of hydrogen-bond acceptors (Lipinski definition) is 3. The minimum atomic E-state index is -0.425. The molecule has 0 saturated carbocycles. The first-order chi connectivity index (χ1) is 5.59. The van der Waals surface area contributed by atoms with E-state index >= 15 is 0 Å². The van der Waals surface area contributed by atoms with Gasteiger partial charge in [-0.25, -0.2) is 0 Å². The molecule has 0 unspecified atom stereocenters. The number of hydrogen-bond donors (Lipinski definition) is 0. The predicted octanol–water partition coefficient (Wildman–Crippen LogP) is 3.04. The minimum Gasteiger partial charge on any atom is -0.259 e. The summed E-state index contributed by atoms with van der Waals surface area (Å²) in [5, 5.41) is 12.0. The maximum atomic E-state index is 10.2. The summed E-state index contributed by atoms with van der Waals surface area (Å²) in [7, 11) is 0. The molecule has 0 aromatic carbocycles. The van der Waals surface area contributed by atoms with Crippen LogP contribution in [0.1, 0.15) is 12.5 Å². The van der Waals surface area contributed by atoms with Gasteiger partial charge in [0.1, 0.15) is 0 Å². The molecule has 64 valence electrons. The summed E-state index contributed by atoms with van der Waals surface area (Å²) < 4.78 is 0.636. The molecular weight excluding hydrogens is 198 g/mol. The Morgan fingerprint density at radius 1 is 1.83 bits per heavy atom. The SMILES string of the molecule is C/C(=C\c1csc(Cl)c1)[N+](=O)[O-]. The highest BCUT2D eigenvalue weighted by Crippen LogP contribution is 2.21. The van der Waals surface area contributed by atoms with Crippen molar-refractivity contribution >= 4 is 29.0 Å². The van der Waals surface area contributed by atoms with Gasteiger partial charge in [0.15, 0.2) is 0 Å². The van der Waals surface area contributed by atoms with Crippen LogP contribution in [0.15, 0.2) is 17.1 Å². The maximum Gasteiger partial charge on any atom is 0.243 e. The summed E-state index contributed by atoms with van der Waals surface area (Å²) in [6.45, 7) is 1.45. The molecule has 0 radical (unpaired) electrons. The topological polar surface area (TPSA) is 43.1 Å². The van der Waals surface area contributed by atoms with Crippen molar-refractivity contribution in [2.24, 2.45) is 0 Å². The zero-order chi connectivity index (χ0) is 9.14. The van der Waals surface area contributed by atoms with Crippen LogP contribution in [0.3, 0.4) is 0 Å². The van der Waals surface area contributed by atoms with Crippen LogP contribution in [-0.2, 0) is 0 Å². The van der Waals surface area contributed by atoms with E-state index in [-0.39, 0.29) is 5.70 Å². The van der Waals surface area contributed by atoms with Crippen molar-refractivity contribution < 1.29 is 4.92 Å². The normalized spacial score (nSPS) is 11.7. The van der Waals surface area contributed by atoms with Crippen LogP contribution in [0.5, 0.6) is 0 Å². The highest BCUT2D eigenvalue weighted by atomic mass is 35.5. The lowest BCUT2D eigenvalue weighted by Gasteiger charge is -1.86. The van der Waals surface area contributed by atoms with E-state index in [1.54, 1.807) is 11.4 Å². The van der Waals surface area contributed by atoms with Gasteiger partial charge in [0.05, 0.1) is 9.26 Å². The molecule has 0 amide bonds. The molecule has 0 atom stereocenters. The fourth-order valence-corrected chi connectivity index (χ4v) is 1.54. The molecule has 1 rings (SSSR count). The molecule has 0 aliphatic heterocycles. The zero-order valence-electron chi connectivity index (χ0n) is 6.28. The van der Waals surface area contributed by atoms with Crippen molar-refractivity contribution in [1.29, 1.82) is 0 Å². The van der Waals surface area contributed by atoms with E-state index in [2.05, 4.69) is 0 Å². The predicted molar refractivity (Wildman–Crippen MR) is 50.0 cm³/mol. The van der Waals surface area contributed by atoms with Crippen molar-refractivity contribution in [3.05, 3.63) is 37.2 Å². The second-order valence-corrected chi connectivity index (χ2v) is 3.77. The van der Waals surface area contributed by atoms with Crippen molar-refractivity contribution in [3.8, 4) is 0 Å². The van der Waals surface area contributed by atoms with Crippen molar-refractivity contribution in [2.75, 3.05) is 0 Å². The lowest BCUT2D eigenvalue weighted by atomic mass is 10.3. The average molecular weight is 204 g/mol. The third kappa shape index (κ3) is 2.32. The monoisotopic (exact) mass is 203 g/mol. The Morgan fingerprint density at radius 2 is 2.50 bits per heavy atom. The molecule has 0 N–H and O–H groups in total. The Balaban J connectivity index is 2.87. The molecule has 1 aromatic rings. The molecule has 5 heteroatoms. The van der Waals surface area contributed by atoms with Gasteiger partial charge < -0.3 is 0 Å². The fraction of sp³-hybridized carbons (Fsp3) is 0.143. The van der Waals surface area contributed by atoms with Gasteiger partial charge in [0, 0.05) is 13.0 Å². The van der Waals surface area contributed by atoms with Crippen LogP contribution in [0.25, 0.3) is 6.08 Å². The molecule has 0 spiro atoms. The first-order valence-corrected chi connectivity index (χ1v) is 4.42. The maximum absolute atomic E-state index is 10.2. The number of nitro groups is 1. The van der Waals surface area contributed by atoms with Gasteiger partial charge in [-0.2, -0.15) is 0 Å². The van der Waals surface area contributed by atoms with Crippen molar-refractivity contribution in [3.63, 3.8) is 0 Å². The zero-order valence-corrected chi connectivity index (χ0v) is 7.85. The van der Waals surface area contributed by atoms with E-state index in [1.165, 1.54) is 24.3 Å². The summed E-state index contributed by atoms with van der Waals surface area (Å²) in [5.74, 6) is 0. The molecule has 1 aromatic heterocycles. The van der Waals surface area contributed by atoms with Gasteiger partial charge in [-0.1, -0.05) is 11.6 Å². The smallest absolute Gasteiger partial charge is 0.243 e. The van der Waals surface area contributed by atoms with E-state index in [0.717, 1.165) is 5.56 Å². The van der Waals surface area contributed by atoms with Gasteiger partial charge in [-0.15, -0.1) is 11.3 Å². The first-order valence-electron chi connectivity index (χ1n) is 3.16. The summed E-state index contributed by atoms with van der Waals surface area (Å²) in [6, 6.07) is 1.69. The average Bonchev–Trinajstić information content (AvgIpc) is 2.35. The third-order valence-electron chi connectivity index (χ3n) is 1.25. The Bertz CT molecular complexity index is 332. The molecule has 12 heavy (non-hydrogen) atoms. The number of halogens is 1. The Labute approximate surface area is 78.4 Å². The molecule has 0 aliphatic carbocycles. The second kappa shape index (κ2) is 3.69. The highest BCUT2D eigenvalue weighted by molar-refractivity contribution is 7.14. The van der Waals surface area contributed by atoms with Crippen molar-refractivity contribution in [1.82, 2.24) is 0 Å². The number of thiophene rings is 1. The molecule has 1 heterocycles. The molecular formula is C7H6ClNO2S. The van der Waals surface area contributed by atoms with Gasteiger partial charge in [-0.3, -0.25) is 10.1 Å². The van der Waals surface area contributed by atoms with Crippen LogP contribution < -0.4 is 0 Å². The standard InChI is InChI=1S/C7H6ClNO2S/c1-5(9(10)11)2-6-3-7(8)12-4-6/h2-4H,1H3/b5-2+. The number of rotatable bonds is 2. The Morgan fingerprint density at radius 3 is 2.92 bits per heavy atom. The third-order valence-corrected chi connectivity index (χ3v) is 2.36. The van der Waals surface area contributed by atoms with E-state index in [1.807, 2.05) is 0 Å². The summed E-state index contributed by atoms with van der Waals surface area (Å²) in [5.41, 5.74) is 0.892. The molecule has 0 saturated heterocycles. The molecule has 0 bridgehead atoms. The van der Waals surface area contributed by atoms with Crippen molar-refractivity contribution in [2.45, 2.75) is 6.92 Å². The Kier molecular flexibility index (Phi) is 2.83. The molecule has 0 aliphatic rings. The number of allylic oxidation sites excluding steroid dienone is 1. The lowest BCUT2D eigenvalue weighted by molar-refractivity contribution is -0.422. The fourth-order valence-electron chi connectivity index (χ4n) is 0.693. The largest absolute Gasteiger partial charge is 0.259 e. The van der Waals surface area contributed by atoms with Crippen LogP contribution >= 0.6 is 22.9 Å². The summed E-state index contributed by atoms with van der Waals surface area (Å²) >= 11 is 7.00. The quantitative estimate of drug-likeness (QED) is 0.548. The van der Waals surface area contributed by atoms with Crippen LogP contribution in [0.4, 0.5) is 0 Å². The van der Waals surface area contributed by atoms with Crippen LogP contribution in [-0.4, -0.2) is 4.92 Å². The first kappa shape index (κ1) is 9.22. The summed E-state index contributed by atoms with van der Waals surface area (Å²) in [6.07, 6.45) is 1.49. The summed E-state index contributed by atoms with van der Waals surface area (Å²) in [4.78, 5) is 9.79. The molecule has 0 fully saturated rings. The van der Waals surface area contributed by atoms with E-state index in [4.69, 9.17) is 11.6 Å². The lowest BCUT2D eigenvalue weighted by Crippen LogP contribution is -1.92. The van der Waals surface area contributed by atoms with E-state index < -0.39 is 4.92 Å². The van der Waals surface area contributed by atoms with Gasteiger partial charge in [0.2, 0.25) is 5.70 Å². The second-order valence-electron chi connectivity index (χ2n) is 2.23. The van der Waals surface area contributed by atoms with Crippen LogP contribution in [0.2, 0.25) is 4.34 Å². The number of nitrogens with zero attached hydrogens (tertiary/aromatic N) is 1. The van der Waals surface area contributed by atoms with Crippen LogP contribution in [0, 0.1) is 10.1 Å². The minimum absolute atomic E-state index is 0.115. The Hall–Kier alpha value is -0.870. The van der Waals surface area contributed by atoms with Gasteiger partial charge >= 0.3 is 0 Å². The molecule has 3 nitrogen and oxygen atoms in total. The highest BCUT2D eigenvalue weighted by Gasteiger charge is 2.02. The van der Waals surface area contributed by atoms with Gasteiger partial charge in [-0.05, 0) is 17.0 Å². The van der Waals surface area contributed by atoms with E-state index in [9.17, 15) is 10.1 Å².